The lowest BCUT2D eigenvalue weighted by molar-refractivity contribution is -0.151. The Balaban J connectivity index is 4.64. The SMILES string of the molecule is CCCCN(CC(N)=O)C(=O)CC(C)(C)C(=O)O. The maximum Gasteiger partial charge on any atom is 0.309 e. The number of carboxylic acids is 1. The highest BCUT2D eigenvalue weighted by Gasteiger charge is 2.32. The molecule has 0 heterocycles. The molecule has 104 valence electrons. The van der Waals surface area contributed by atoms with Gasteiger partial charge in [0.25, 0.3) is 0 Å². The molecular weight excluding hydrogens is 236 g/mol. The lowest BCUT2D eigenvalue weighted by atomic mass is 9.89. The van der Waals surface area contributed by atoms with Crippen molar-refractivity contribution in [1.82, 2.24) is 4.90 Å². The number of primary amides is 1. The summed E-state index contributed by atoms with van der Waals surface area (Å²) >= 11 is 0. The Morgan fingerprint density at radius 2 is 1.83 bits per heavy atom. The van der Waals surface area contributed by atoms with Crippen LogP contribution in [0.4, 0.5) is 0 Å². The second kappa shape index (κ2) is 6.98. The zero-order chi connectivity index (χ0) is 14.3. The highest BCUT2D eigenvalue weighted by atomic mass is 16.4. The van der Waals surface area contributed by atoms with Crippen LogP contribution >= 0.6 is 0 Å². The Bertz CT molecular complexity index is 326. The highest BCUT2D eigenvalue weighted by molar-refractivity contribution is 5.87. The maximum atomic E-state index is 12.0. The minimum atomic E-state index is -1.14. The van der Waals surface area contributed by atoms with E-state index in [4.69, 9.17) is 10.8 Å². The van der Waals surface area contributed by atoms with Gasteiger partial charge >= 0.3 is 5.97 Å². The molecule has 0 spiro atoms. The predicted molar refractivity (Wildman–Crippen MR) is 66.7 cm³/mol. The van der Waals surface area contributed by atoms with Crippen molar-refractivity contribution in [1.29, 1.82) is 0 Å². The molecule has 0 aliphatic rings. The summed E-state index contributed by atoms with van der Waals surface area (Å²) in [6.45, 7) is 5.20. The van der Waals surface area contributed by atoms with Crippen LogP contribution in [0.5, 0.6) is 0 Å². The molecule has 0 saturated heterocycles. The zero-order valence-corrected chi connectivity index (χ0v) is 11.2. The standard InChI is InChI=1S/C12H22N2O4/c1-4-5-6-14(8-9(13)15)10(16)7-12(2,3)11(17)18/h4-8H2,1-3H3,(H2,13,15)(H,17,18). The Morgan fingerprint density at radius 3 is 2.22 bits per heavy atom. The molecule has 0 aromatic heterocycles. The van der Waals surface area contributed by atoms with E-state index in [-0.39, 0.29) is 18.9 Å². The van der Waals surface area contributed by atoms with Gasteiger partial charge in [-0.1, -0.05) is 13.3 Å². The minimum Gasteiger partial charge on any atom is -0.481 e. The molecule has 0 radical (unpaired) electrons. The predicted octanol–water partition coefficient (Wildman–Crippen LogP) is 0.601. The summed E-state index contributed by atoms with van der Waals surface area (Å²) in [6.07, 6.45) is 1.50. The molecule has 18 heavy (non-hydrogen) atoms. The summed E-state index contributed by atoms with van der Waals surface area (Å²) in [7, 11) is 0. The fourth-order valence-corrected chi connectivity index (χ4v) is 1.39. The molecule has 0 aromatic rings. The number of nitrogens with zero attached hydrogens (tertiary/aromatic N) is 1. The second-order valence-corrected chi connectivity index (χ2v) is 5.00. The Kier molecular flexibility index (Phi) is 6.36. The van der Waals surface area contributed by atoms with Gasteiger partial charge in [0, 0.05) is 13.0 Å². The van der Waals surface area contributed by atoms with Crippen LogP contribution in [-0.2, 0) is 14.4 Å². The van der Waals surface area contributed by atoms with Crippen molar-refractivity contribution in [2.45, 2.75) is 40.0 Å². The third-order valence-corrected chi connectivity index (χ3v) is 2.65. The molecular formula is C12H22N2O4. The molecule has 2 amide bonds. The molecule has 6 heteroatoms. The van der Waals surface area contributed by atoms with Crippen molar-refractivity contribution in [3.8, 4) is 0 Å². The fourth-order valence-electron chi connectivity index (χ4n) is 1.39. The zero-order valence-electron chi connectivity index (χ0n) is 11.2. The Hall–Kier alpha value is -1.59. The van der Waals surface area contributed by atoms with Crippen molar-refractivity contribution in [3.05, 3.63) is 0 Å². The highest BCUT2D eigenvalue weighted by Crippen LogP contribution is 2.21. The monoisotopic (exact) mass is 258 g/mol. The summed E-state index contributed by atoms with van der Waals surface area (Å²) in [5.74, 6) is -1.98. The topological polar surface area (TPSA) is 101 Å². The van der Waals surface area contributed by atoms with Gasteiger partial charge in [-0.05, 0) is 20.3 Å². The lowest BCUT2D eigenvalue weighted by Gasteiger charge is -2.25. The average Bonchev–Trinajstić information content (AvgIpc) is 2.22. The third-order valence-electron chi connectivity index (χ3n) is 2.65. The molecule has 0 atom stereocenters. The van der Waals surface area contributed by atoms with Gasteiger partial charge in [-0.15, -0.1) is 0 Å². The smallest absolute Gasteiger partial charge is 0.309 e. The van der Waals surface area contributed by atoms with E-state index in [0.29, 0.717) is 6.54 Å². The lowest BCUT2D eigenvalue weighted by Crippen LogP contribution is -2.42. The van der Waals surface area contributed by atoms with E-state index in [1.807, 2.05) is 6.92 Å². The normalized spacial score (nSPS) is 11.1. The summed E-state index contributed by atoms with van der Waals surface area (Å²) in [5.41, 5.74) is 3.94. The third kappa shape index (κ3) is 5.65. The first kappa shape index (κ1) is 16.4. The Morgan fingerprint density at radius 1 is 1.28 bits per heavy atom. The van der Waals surface area contributed by atoms with Crippen molar-refractivity contribution < 1.29 is 19.5 Å². The largest absolute Gasteiger partial charge is 0.481 e. The minimum absolute atomic E-state index is 0.140. The first-order valence-electron chi connectivity index (χ1n) is 6.00. The van der Waals surface area contributed by atoms with Crippen LogP contribution in [0, 0.1) is 5.41 Å². The van der Waals surface area contributed by atoms with E-state index < -0.39 is 17.3 Å². The summed E-state index contributed by atoms with van der Waals surface area (Å²) < 4.78 is 0. The van der Waals surface area contributed by atoms with Crippen molar-refractivity contribution in [2.24, 2.45) is 11.1 Å². The van der Waals surface area contributed by atoms with E-state index in [1.54, 1.807) is 0 Å². The van der Waals surface area contributed by atoms with E-state index in [2.05, 4.69) is 0 Å². The van der Waals surface area contributed by atoms with Gasteiger partial charge in [0.05, 0.1) is 12.0 Å². The van der Waals surface area contributed by atoms with Crippen LogP contribution in [-0.4, -0.2) is 40.9 Å². The average molecular weight is 258 g/mol. The molecule has 0 aromatic carbocycles. The summed E-state index contributed by atoms with van der Waals surface area (Å²) in [5, 5.41) is 8.97. The molecule has 0 saturated carbocycles. The number of carbonyl (C=O) groups is 3. The molecule has 0 aliphatic heterocycles. The number of aliphatic carboxylic acids is 1. The fraction of sp³-hybridized carbons (Fsp3) is 0.750. The van der Waals surface area contributed by atoms with Gasteiger partial charge in [0.2, 0.25) is 11.8 Å². The van der Waals surface area contributed by atoms with Crippen molar-refractivity contribution in [2.75, 3.05) is 13.1 Å². The number of rotatable bonds is 8. The van der Waals surface area contributed by atoms with Gasteiger partial charge in [0.1, 0.15) is 0 Å². The van der Waals surface area contributed by atoms with Crippen LogP contribution in [0.2, 0.25) is 0 Å². The van der Waals surface area contributed by atoms with Crippen LogP contribution in [0.25, 0.3) is 0 Å². The number of unbranched alkanes of at least 4 members (excludes halogenated alkanes) is 1. The number of hydrogen-bond acceptors (Lipinski definition) is 3. The second-order valence-electron chi connectivity index (χ2n) is 5.00. The van der Waals surface area contributed by atoms with Gasteiger partial charge in [-0.3, -0.25) is 14.4 Å². The van der Waals surface area contributed by atoms with Crippen molar-refractivity contribution in [3.63, 3.8) is 0 Å². The van der Waals surface area contributed by atoms with E-state index in [0.717, 1.165) is 12.8 Å². The molecule has 3 N–H and O–H groups in total. The molecule has 0 fully saturated rings. The number of hydrogen-bond donors (Lipinski definition) is 2. The van der Waals surface area contributed by atoms with Crippen molar-refractivity contribution >= 4 is 17.8 Å². The first-order chi connectivity index (χ1) is 8.20. The molecule has 0 unspecified atom stereocenters. The van der Waals surface area contributed by atoms with Gasteiger partial charge in [-0.2, -0.15) is 0 Å². The number of amides is 2. The van der Waals surface area contributed by atoms with E-state index in [1.165, 1.54) is 18.7 Å². The molecule has 6 nitrogen and oxygen atoms in total. The quantitative estimate of drug-likeness (QED) is 0.665. The molecule has 0 bridgehead atoms. The van der Waals surface area contributed by atoms with Crippen LogP contribution < -0.4 is 5.73 Å². The van der Waals surface area contributed by atoms with Gasteiger partial charge in [-0.25, -0.2) is 0 Å². The van der Waals surface area contributed by atoms with Crippen LogP contribution in [0.1, 0.15) is 40.0 Å². The Labute approximate surface area is 107 Å². The van der Waals surface area contributed by atoms with E-state index >= 15 is 0 Å². The van der Waals surface area contributed by atoms with Gasteiger partial charge in [0.15, 0.2) is 0 Å². The molecule has 0 rings (SSSR count). The maximum absolute atomic E-state index is 12.0. The molecule has 0 aliphatic carbocycles. The first-order valence-corrected chi connectivity index (χ1v) is 6.00. The van der Waals surface area contributed by atoms with Crippen LogP contribution in [0.15, 0.2) is 0 Å². The van der Waals surface area contributed by atoms with Gasteiger partial charge < -0.3 is 15.7 Å². The van der Waals surface area contributed by atoms with Crippen LogP contribution in [0.3, 0.4) is 0 Å². The number of carbonyl (C=O) groups excluding carboxylic acids is 2. The summed E-state index contributed by atoms with van der Waals surface area (Å²) in [4.78, 5) is 35.1. The van der Waals surface area contributed by atoms with E-state index in [9.17, 15) is 14.4 Å². The summed E-state index contributed by atoms with van der Waals surface area (Å²) in [6, 6.07) is 0. The number of carboxylic acid groups (broad SMARTS) is 1. The number of nitrogens with two attached hydrogens (primary N) is 1.